The second-order valence-corrected chi connectivity index (χ2v) is 11.3. The van der Waals surface area contributed by atoms with Crippen LogP contribution in [0.3, 0.4) is 0 Å². The summed E-state index contributed by atoms with van der Waals surface area (Å²) in [6, 6.07) is 10.7. The molecule has 1 unspecified atom stereocenters. The van der Waals surface area contributed by atoms with E-state index in [1.165, 1.54) is 6.26 Å². The van der Waals surface area contributed by atoms with Crippen LogP contribution in [-0.2, 0) is 25.0 Å². The number of amides is 1. The van der Waals surface area contributed by atoms with Crippen molar-refractivity contribution < 1.29 is 17.9 Å². The van der Waals surface area contributed by atoms with Crippen molar-refractivity contribution in [2.75, 3.05) is 52.7 Å². The molecule has 0 N–H and O–H groups in total. The predicted molar refractivity (Wildman–Crippen MR) is 120 cm³/mol. The van der Waals surface area contributed by atoms with Gasteiger partial charge >= 0.3 is 0 Å². The highest BCUT2D eigenvalue weighted by molar-refractivity contribution is 7.88. The Morgan fingerprint density at radius 2 is 1.77 bits per heavy atom. The number of sulfonamides is 1. The Balaban J connectivity index is 1.42. The van der Waals surface area contributed by atoms with Gasteiger partial charge in [-0.2, -0.15) is 0 Å². The predicted octanol–water partition coefficient (Wildman–Crippen LogP) is 1.69. The van der Waals surface area contributed by atoms with Crippen molar-refractivity contribution in [3.8, 4) is 0 Å². The molecule has 2 saturated heterocycles. The Kier molecular flexibility index (Phi) is 6.72. The van der Waals surface area contributed by atoms with E-state index in [-0.39, 0.29) is 17.4 Å². The van der Waals surface area contributed by atoms with Crippen LogP contribution in [0.1, 0.15) is 37.7 Å². The number of carbonyl (C=O) groups excluding carboxylic acids is 1. The van der Waals surface area contributed by atoms with Crippen LogP contribution in [0, 0.1) is 0 Å². The summed E-state index contributed by atoms with van der Waals surface area (Å²) in [7, 11) is -1.26. The summed E-state index contributed by atoms with van der Waals surface area (Å²) in [6.45, 7) is 4.03. The third kappa shape index (κ3) is 4.97. The number of benzene rings is 1. The molecule has 1 amide bonds. The maximum absolute atomic E-state index is 13.3. The van der Waals surface area contributed by atoms with E-state index >= 15 is 0 Å². The van der Waals surface area contributed by atoms with Crippen LogP contribution < -0.4 is 0 Å². The highest BCUT2D eigenvalue weighted by Gasteiger charge is 2.52. The SMILES string of the molecule is CN(CCN(C1CCOCC1)C1CCN(S(C)(=O)=O)C1)C(=O)C1(c2ccccc2)CC1. The topological polar surface area (TPSA) is 70.2 Å². The molecule has 0 aromatic heterocycles. The van der Waals surface area contributed by atoms with E-state index in [1.807, 2.05) is 30.1 Å². The first-order valence-electron chi connectivity index (χ1n) is 11.4. The zero-order chi connectivity index (χ0) is 22.1. The lowest BCUT2D eigenvalue weighted by Gasteiger charge is -2.39. The minimum atomic E-state index is -3.17. The summed E-state index contributed by atoms with van der Waals surface area (Å²) < 4.78 is 31.2. The molecule has 1 aromatic carbocycles. The minimum Gasteiger partial charge on any atom is -0.381 e. The van der Waals surface area contributed by atoms with Crippen LogP contribution in [-0.4, -0.2) is 93.2 Å². The van der Waals surface area contributed by atoms with Gasteiger partial charge in [-0.05, 0) is 37.7 Å². The van der Waals surface area contributed by atoms with Crippen LogP contribution in [0.5, 0.6) is 0 Å². The first kappa shape index (κ1) is 22.7. The molecule has 1 aromatic rings. The van der Waals surface area contributed by atoms with E-state index in [1.54, 1.807) is 4.31 Å². The molecule has 0 spiro atoms. The van der Waals surface area contributed by atoms with Gasteiger partial charge in [0.1, 0.15) is 0 Å². The van der Waals surface area contributed by atoms with E-state index in [2.05, 4.69) is 17.0 Å². The largest absolute Gasteiger partial charge is 0.381 e. The molecule has 7 nitrogen and oxygen atoms in total. The smallest absolute Gasteiger partial charge is 0.233 e. The summed E-state index contributed by atoms with van der Waals surface area (Å²) in [5, 5.41) is 0. The van der Waals surface area contributed by atoms with Gasteiger partial charge < -0.3 is 9.64 Å². The molecule has 8 heteroatoms. The molecule has 2 heterocycles. The molecule has 3 fully saturated rings. The average Bonchev–Trinajstić information content (AvgIpc) is 3.43. The van der Waals surface area contributed by atoms with Gasteiger partial charge in [0.2, 0.25) is 15.9 Å². The minimum absolute atomic E-state index is 0.199. The summed E-state index contributed by atoms with van der Waals surface area (Å²) in [5.74, 6) is 0.204. The summed E-state index contributed by atoms with van der Waals surface area (Å²) in [4.78, 5) is 17.7. The first-order valence-corrected chi connectivity index (χ1v) is 13.3. The molecule has 3 aliphatic rings. The molecule has 31 heavy (non-hydrogen) atoms. The van der Waals surface area contributed by atoms with Crippen molar-refractivity contribution in [1.29, 1.82) is 0 Å². The van der Waals surface area contributed by atoms with E-state index in [0.29, 0.717) is 25.7 Å². The lowest BCUT2D eigenvalue weighted by molar-refractivity contribution is -0.133. The summed E-state index contributed by atoms with van der Waals surface area (Å²) >= 11 is 0. The molecule has 1 aliphatic carbocycles. The van der Waals surface area contributed by atoms with Gasteiger partial charge in [0.05, 0.1) is 11.7 Å². The third-order valence-corrected chi connectivity index (χ3v) is 8.52. The van der Waals surface area contributed by atoms with Crippen molar-refractivity contribution in [2.45, 2.75) is 49.6 Å². The maximum atomic E-state index is 13.3. The van der Waals surface area contributed by atoms with Crippen molar-refractivity contribution in [3.63, 3.8) is 0 Å². The Hall–Kier alpha value is -1.48. The summed E-state index contributed by atoms with van der Waals surface area (Å²) in [6.07, 6.45) is 5.88. The van der Waals surface area contributed by atoms with E-state index in [4.69, 9.17) is 4.74 Å². The van der Waals surface area contributed by atoms with Crippen molar-refractivity contribution in [2.24, 2.45) is 0 Å². The number of likely N-dealkylation sites (N-methyl/N-ethyl adjacent to an activating group) is 1. The first-order chi connectivity index (χ1) is 14.8. The van der Waals surface area contributed by atoms with E-state index in [0.717, 1.165) is 57.4 Å². The molecule has 2 aliphatic heterocycles. The molecular formula is C23H35N3O4S. The Morgan fingerprint density at radius 1 is 1.10 bits per heavy atom. The number of hydrogen-bond donors (Lipinski definition) is 0. The number of rotatable bonds is 8. The highest BCUT2D eigenvalue weighted by atomic mass is 32.2. The Morgan fingerprint density at radius 3 is 2.35 bits per heavy atom. The number of ether oxygens (including phenoxy) is 1. The Bertz CT molecular complexity index is 866. The normalized spacial score (nSPS) is 24.4. The average molecular weight is 450 g/mol. The van der Waals surface area contributed by atoms with Crippen molar-refractivity contribution >= 4 is 15.9 Å². The second kappa shape index (κ2) is 9.17. The third-order valence-electron chi connectivity index (χ3n) is 7.25. The molecule has 4 rings (SSSR count). The van der Waals surface area contributed by atoms with Gasteiger partial charge in [-0.3, -0.25) is 9.69 Å². The van der Waals surface area contributed by atoms with E-state index in [9.17, 15) is 13.2 Å². The van der Waals surface area contributed by atoms with Gasteiger partial charge in [-0.15, -0.1) is 0 Å². The van der Waals surface area contributed by atoms with Gasteiger partial charge in [-0.25, -0.2) is 12.7 Å². The fourth-order valence-electron chi connectivity index (χ4n) is 5.20. The van der Waals surface area contributed by atoms with Crippen molar-refractivity contribution in [3.05, 3.63) is 35.9 Å². The number of carbonyl (C=O) groups is 1. The number of hydrogen-bond acceptors (Lipinski definition) is 5. The fourth-order valence-corrected chi connectivity index (χ4v) is 6.08. The van der Waals surface area contributed by atoms with Crippen LogP contribution >= 0.6 is 0 Å². The molecule has 1 atom stereocenters. The zero-order valence-electron chi connectivity index (χ0n) is 18.7. The van der Waals surface area contributed by atoms with Crippen LogP contribution in [0.15, 0.2) is 30.3 Å². The lowest BCUT2D eigenvalue weighted by atomic mass is 9.94. The molecular weight excluding hydrogens is 414 g/mol. The lowest BCUT2D eigenvalue weighted by Crippen LogP contribution is -2.51. The maximum Gasteiger partial charge on any atom is 0.233 e. The van der Waals surface area contributed by atoms with Gasteiger partial charge in [0.15, 0.2) is 0 Å². The van der Waals surface area contributed by atoms with Gasteiger partial charge in [-0.1, -0.05) is 30.3 Å². The van der Waals surface area contributed by atoms with Gasteiger partial charge in [0.25, 0.3) is 0 Å². The quantitative estimate of drug-likeness (QED) is 0.604. The monoisotopic (exact) mass is 449 g/mol. The standard InChI is InChI=1S/C23H35N3O4S/c1-24(22(27)23(11-12-23)19-6-4-3-5-7-19)14-15-26(20-9-16-30-17-10-20)21-8-13-25(18-21)31(2,28)29/h3-7,20-21H,8-18H2,1-2H3. The zero-order valence-corrected chi connectivity index (χ0v) is 19.5. The number of nitrogens with zero attached hydrogens (tertiary/aromatic N) is 3. The van der Waals surface area contributed by atoms with Crippen LogP contribution in [0.2, 0.25) is 0 Å². The van der Waals surface area contributed by atoms with Gasteiger partial charge in [0, 0.05) is 58.5 Å². The second-order valence-electron chi connectivity index (χ2n) is 9.32. The van der Waals surface area contributed by atoms with Crippen LogP contribution in [0.25, 0.3) is 0 Å². The molecule has 172 valence electrons. The fraction of sp³-hybridized carbons (Fsp3) is 0.696. The molecule has 0 bridgehead atoms. The highest BCUT2D eigenvalue weighted by Crippen LogP contribution is 2.49. The molecule has 0 radical (unpaired) electrons. The van der Waals surface area contributed by atoms with E-state index < -0.39 is 10.0 Å². The summed E-state index contributed by atoms with van der Waals surface area (Å²) in [5.41, 5.74) is 0.771. The van der Waals surface area contributed by atoms with Crippen LogP contribution in [0.4, 0.5) is 0 Å². The molecule has 1 saturated carbocycles. The Labute approximate surface area is 186 Å². The van der Waals surface area contributed by atoms with Crippen molar-refractivity contribution in [1.82, 2.24) is 14.1 Å².